The number of fused-ring (bicyclic) bond motifs is 2. The van der Waals surface area contributed by atoms with E-state index in [2.05, 4.69) is 10.1 Å². The molecule has 6 rings (SSSR count). The Morgan fingerprint density at radius 1 is 1.07 bits per heavy atom. The van der Waals surface area contributed by atoms with Crippen molar-refractivity contribution in [2.45, 2.75) is 31.7 Å². The molecule has 2 N–H and O–H groups in total. The van der Waals surface area contributed by atoms with Crippen molar-refractivity contribution in [1.82, 2.24) is 19.8 Å². The Bertz CT molecular complexity index is 1910. The maximum atomic E-state index is 13.7. The highest BCUT2D eigenvalue weighted by atomic mass is 35.5. The minimum absolute atomic E-state index is 0.210. The Kier molecular flexibility index (Phi) is 6.88. The first-order chi connectivity index (χ1) is 19.8. The van der Waals surface area contributed by atoms with Gasteiger partial charge in [-0.15, -0.1) is 0 Å². The van der Waals surface area contributed by atoms with Gasteiger partial charge >= 0.3 is 5.97 Å². The van der Waals surface area contributed by atoms with E-state index in [9.17, 15) is 19.5 Å². The van der Waals surface area contributed by atoms with Crippen molar-refractivity contribution in [2.24, 2.45) is 12.1 Å². The summed E-state index contributed by atoms with van der Waals surface area (Å²) in [4.78, 5) is 41.2. The largest absolute Gasteiger partial charge is 0.481 e. The smallest absolute Gasteiger partial charge is 0.303 e. The number of carbonyl (C=O) groups excluding carboxylic acids is 1. The number of aliphatic carboxylic acids is 1. The number of hydrazone groups is 1. The summed E-state index contributed by atoms with van der Waals surface area (Å²) in [5, 5.41) is 21.8. The van der Waals surface area contributed by atoms with Gasteiger partial charge in [-0.05, 0) is 53.4 Å². The fourth-order valence-corrected chi connectivity index (χ4v) is 5.66. The molecule has 9 nitrogen and oxygen atoms in total. The molecule has 41 heavy (non-hydrogen) atoms. The molecule has 3 heterocycles. The van der Waals surface area contributed by atoms with Crippen molar-refractivity contribution in [3.8, 4) is 0 Å². The van der Waals surface area contributed by atoms with Gasteiger partial charge < -0.3 is 10.1 Å². The molecule has 1 aliphatic rings. The molecule has 0 radical (unpaired) electrons. The highest BCUT2D eigenvalue weighted by Gasteiger charge is 2.35. The number of nitrogens with one attached hydrogen (secondary N) is 1. The van der Waals surface area contributed by atoms with Crippen LogP contribution in [0.2, 0.25) is 5.02 Å². The molecule has 206 valence electrons. The number of amides is 1. The van der Waals surface area contributed by atoms with Gasteiger partial charge in [0.1, 0.15) is 0 Å². The first-order valence-corrected chi connectivity index (χ1v) is 13.6. The lowest BCUT2D eigenvalue weighted by Gasteiger charge is -2.22. The Morgan fingerprint density at radius 3 is 2.66 bits per heavy atom. The Morgan fingerprint density at radius 2 is 1.88 bits per heavy atom. The monoisotopic (exact) mass is 567 g/mol. The standard InChI is InChI=1S/C31H26ClN5O4/c1-36-26-10-7-19(14-20(26)17-33-36)27-16-25(35-37(27)28(38)11-12-29(39)40)30-23(13-18-5-3-2-4-6-18)22-15-21(32)8-9-24(22)34-31(30)41/h2-10,14-15,17,27H,11-13,16H2,1H3,(H,34,41)(H,39,40). The van der Waals surface area contributed by atoms with Crippen molar-refractivity contribution in [2.75, 3.05) is 0 Å². The number of hydrogen-bond donors (Lipinski definition) is 2. The van der Waals surface area contributed by atoms with Crippen LogP contribution in [0, 0.1) is 0 Å². The number of carbonyl (C=O) groups is 2. The van der Waals surface area contributed by atoms with E-state index in [-0.39, 0.29) is 24.8 Å². The lowest BCUT2D eigenvalue weighted by molar-refractivity contribution is -0.141. The predicted molar refractivity (Wildman–Crippen MR) is 157 cm³/mol. The minimum atomic E-state index is -1.07. The molecule has 1 amide bonds. The number of carboxylic acid groups (broad SMARTS) is 1. The number of aromatic amines is 1. The van der Waals surface area contributed by atoms with Crippen molar-refractivity contribution in [3.05, 3.63) is 111 Å². The number of carboxylic acids is 1. The second-order valence-corrected chi connectivity index (χ2v) is 10.6. The molecular formula is C31H26ClN5O4. The van der Waals surface area contributed by atoms with Gasteiger partial charge in [0.05, 0.1) is 35.5 Å². The van der Waals surface area contributed by atoms with Gasteiger partial charge in [-0.25, -0.2) is 5.01 Å². The van der Waals surface area contributed by atoms with E-state index in [0.717, 1.165) is 33.0 Å². The lowest BCUT2D eigenvalue weighted by atomic mass is 9.91. The van der Waals surface area contributed by atoms with Crippen LogP contribution in [0.15, 0.2) is 82.8 Å². The molecule has 1 unspecified atom stereocenters. The number of benzene rings is 3. The first kappa shape index (κ1) is 26.5. The third-order valence-electron chi connectivity index (χ3n) is 7.47. The quantitative estimate of drug-likeness (QED) is 0.280. The molecule has 5 aromatic rings. The summed E-state index contributed by atoms with van der Waals surface area (Å²) in [5.74, 6) is -1.49. The van der Waals surface area contributed by atoms with Gasteiger partial charge in [-0.3, -0.25) is 19.1 Å². The summed E-state index contributed by atoms with van der Waals surface area (Å²) in [6.45, 7) is 0. The van der Waals surface area contributed by atoms with Crippen LogP contribution < -0.4 is 5.56 Å². The summed E-state index contributed by atoms with van der Waals surface area (Å²) in [6.07, 6.45) is 1.96. The van der Waals surface area contributed by atoms with E-state index in [1.165, 1.54) is 5.01 Å². The van der Waals surface area contributed by atoms with Crippen molar-refractivity contribution in [1.29, 1.82) is 0 Å². The first-order valence-electron chi connectivity index (χ1n) is 13.2. The molecule has 0 saturated heterocycles. The third-order valence-corrected chi connectivity index (χ3v) is 7.70. The molecule has 0 bridgehead atoms. The van der Waals surface area contributed by atoms with Crippen molar-refractivity contribution < 1.29 is 14.7 Å². The van der Waals surface area contributed by atoms with Crippen molar-refractivity contribution in [3.63, 3.8) is 0 Å². The normalized spacial score (nSPS) is 15.0. The molecule has 3 aromatic carbocycles. The fourth-order valence-electron chi connectivity index (χ4n) is 5.49. The zero-order chi connectivity index (χ0) is 28.7. The maximum absolute atomic E-state index is 13.7. The number of rotatable bonds is 7. The topological polar surface area (TPSA) is 121 Å². The lowest BCUT2D eigenvalue weighted by Crippen LogP contribution is -2.27. The second kappa shape index (κ2) is 10.7. The van der Waals surface area contributed by atoms with Gasteiger partial charge in [0.25, 0.3) is 5.56 Å². The number of hydrogen-bond acceptors (Lipinski definition) is 5. The number of halogens is 1. The number of aromatic nitrogens is 3. The predicted octanol–water partition coefficient (Wildman–Crippen LogP) is 5.20. The summed E-state index contributed by atoms with van der Waals surface area (Å²) < 4.78 is 1.76. The van der Waals surface area contributed by atoms with E-state index in [1.54, 1.807) is 23.0 Å². The van der Waals surface area contributed by atoms with Crippen molar-refractivity contribution >= 4 is 51.0 Å². The van der Waals surface area contributed by atoms with E-state index in [0.29, 0.717) is 28.2 Å². The zero-order valence-corrected chi connectivity index (χ0v) is 22.9. The minimum Gasteiger partial charge on any atom is -0.481 e. The number of H-pyrrole nitrogens is 1. The second-order valence-electron chi connectivity index (χ2n) is 10.1. The number of aryl methyl sites for hydroxylation is 1. The van der Waals surface area contributed by atoms with Gasteiger partial charge in [-0.1, -0.05) is 48.0 Å². The molecule has 2 aromatic heterocycles. The van der Waals surface area contributed by atoms with Crippen LogP contribution >= 0.6 is 11.6 Å². The van der Waals surface area contributed by atoms with E-state index < -0.39 is 17.9 Å². The summed E-state index contributed by atoms with van der Waals surface area (Å²) in [6, 6.07) is 20.4. The molecule has 10 heteroatoms. The van der Waals surface area contributed by atoms with Crippen LogP contribution in [-0.2, 0) is 23.1 Å². The van der Waals surface area contributed by atoms with Crippen LogP contribution in [-0.4, -0.2) is 42.5 Å². The maximum Gasteiger partial charge on any atom is 0.303 e. The van der Waals surface area contributed by atoms with Gasteiger partial charge in [0.15, 0.2) is 0 Å². The molecule has 1 aliphatic heterocycles. The molecule has 0 spiro atoms. The zero-order valence-electron chi connectivity index (χ0n) is 22.2. The number of pyridine rings is 1. The third kappa shape index (κ3) is 5.12. The van der Waals surface area contributed by atoms with Gasteiger partial charge in [-0.2, -0.15) is 10.2 Å². The highest BCUT2D eigenvalue weighted by molar-refractivity contribution is 6.31. The van der Waals surface area contributed by atoms with E-state index >= 15 is 0 Å². The van der Waals surface area contributed by atoms with E-state index in [4.69, 9.17) is 16.7 Å². The average molecular weight is 568 g/mol. The molecule has 0 fully saturated rings. The fraction of sp³-hybridized carbons (Fsp3) is 0.194. The Balaban J connectivity index is 1.49. The molecule has 0 saturated carbocycles. The SMILES string of the molecule is Cn1ncc2cc(C3CC(c4c(Cc5ccccc5)c5cc(Cl)ccc5[nH]c4=O)=NN3C(=O)CCC(=O)O)ccc21. The van der Waals surface area contributed by atoms with Crippen LogP contribution in [0.4, 0.5) is 0 Å². The number of nitrogens with zero attached hydrogens (tertiary/aromatic N) is 4. The molecular weight excluding hydrogens is 542 g/mol. The highest BCUT2D eigenvalue weighted by Crippen LogP contribution is 2.36. The Labute approximate surface area is 239 Å². The Hall–Kier alpha value is -4.76. The van der Waals surface area contributed by atoms with Crippen LogP contribution in [0.5, 0.6) is 0 Å². The van der Waals surface area contributed by atoms with E-state index in [1.807, 2.05) is 61.6 Å². The summed E-state index contributed by atoms with van der Waals surface area (Å²) in [7, 11) is 1.85. The summed E-state index contributed by atoms with van der Waals surface area (Å²) in [5.41, 5.74) is 4.71. The molecule has 1 atom stereocenters. The van der Waals surface area contributed by atoms with Crippen LogP contribution in [0.25, 0.3) is 21.8 Å². The van der Waals surface area contributed by atoms with Crippen LogP contribution in [0.1, 0.15) is 47.6 Å². The molecule has 0 aliphatic carbocycles. The van der Waals surface area contributed by atoms with Gasteiger partial charge in [0, 0.05) is 41.2 Å². The summed E-state index contributed by atoms with van der Waals surface area (Å²) >= 11 is 6.39. The van der Waals surface area contributed by atoms with Crippen LogP contribution in [0.3, 0.4) is 0 Å². The average Bonchev–Trinajstić information content (AvgIpc) is 3.56. The van der Waals surface area contributed by atoms with Gasteiger partial charge in [0.2, 0.25) is 5.91 Å².